The van der Waals surface area contributed by atoms with E-state index in [1.54, 1.807) is 6.92 Å². The molecule has 0 aliphatic carbocycles. The third-order valence-electron chi connectivity index (χ3n) is 2.37. The third kappa shape index (κ3) is 8.39. The fourth-order valence-electron chi connectivity index (χ4n) is 1.43. The summed E-state index contributed by atoms with van der Waals surface area (Å²) in [5.74, 6) is 0.198. The molecule has 0 saturated carbocycles. The van der Waals surface area contributed by atoms with E-state index >= 15 is 0 Å². The predicted octanol–water partition coefficient (Wildman–Crippen LogP) is 3.30. The summed E-state index contributed by atoms with van der Waals surface area (Å²) in [6.45, 7) is 8.55. The Hall–Kier alpha value is -0.340. The minimum absolute atomic E-state index is 0.184. The Morgan fingerprint density at radius 2 is 1.82 bits per heavy atom. The van der Waals surface area contributed by atoms with E-state index in [0.29, 0.717) is 31.5 Å². The summed E-state index contributed by atoms with van der Waals surface area (Å²) in [6, 6.07) is 0. The monoisotopic (exact) mass is 264 g/mol. The molecule has 0 radical (unpaired) electrons. The van der Waals surface area contributed by atoms with Gasteiger partial charge < -0.3 is 9.26 Å². The first-order valence-corrected chi connectivity index (χ1v) is 8.31. The second kappa shape index (κ2) is 8.71. The molecular formula is C12H25O4P. The van der Waals surface area contributed by atoms with Gasteiger partial charge in [-0.15, -0.1) is 0 Å². The average Bonchev–Trinajstić information content (AvgIpc) is 2.25. The highest BCUT2D eigenvalue weighted by atomic mass is 31.2. The second-order valence-electron chi connectivity index (χ2n) is 4.42. The van der Waals surface area contributed by atoms with Crippen molar-refractivity contribution < 1.29 is 18.6 Å². The SMILES string of the molecule is CCOC(=O)CCP(=O)(CCC(C)C)OCC. The van der Waals surface area contributed by atoms with Gasteiger partial charge in [0.05, 0.1) is 19.6 Å². The van der Waals surface area contributed by atoms with Gasteiger partial charge in [-0.3, -0.25) is 9.36 Å². The normalized spacial score (nSPS) is 14.6. The van der Waals surface area contributed by atoms with Crippen molar-refractivity contribution in [3.63, 3.8) is 0 Å². The molecule has 0 saturated heterocycles. The van der Waals surface area contributed by atoms with E-state index in [2.05, 4.69) is 13.8 Å². The van der Waals surface area contributed by atoms with E-state index in [4.69, 9.17) is 9.26 Å². The number of esters is 1. The molecule has 0 aromatic carbocycles. The van der Waals surface area contributed by atoms with Gasteiger partial charge in [-0.1, -0.05) is 13.8 Å². The molecule has 0 rings (SSSR count). The minimum Gasteiger partial charge on any atom is -0.466 e. The lowest BCUT2D eigenvalue weighted by Gasteiger charge is -2.18. The van der Waals surface area contributed by atoms with Gasteiger partial charge in [-0.25, -0.2) is 0 Å². The van der Waals surface area contributed by atoms with E-state index in [0.717, 1.165) is 6.42 Å². The maximum atomic E-state index is 12.4. The number of carbonyl (C=O) groups is 1. The lowest BCUT2D eigenvalue weighted by molar-refractivity contribution is -0.142. The van der Waals surface area contributed by atoms with Crippen LogP contribution in [0.3, 0.4) is 0 Å². The fraction of sp³-hybridized carbons (Fsp3) is 0.917. The average molecular weight is 264 g/mol. The molecular weight excluding hydrogens is 239 g/mol. The Morgan fingerprint density at radius 1 is 1.18 bits per heavy atom. The van der Waals surface area contributed by atoms with E-state index in [1.165, 1.54) is 0 Å². The first kappa shape index (κ1) is 16.7. The van der Waals surface area contributed by atoms with Crippen molar-refractivity contribution in [1.29, 1.82) is 0 Å². The van der Waals surface area contributed by atoms with Crippen molar-refractivity contribution >= 4 is 13.3 Å². The highest BCUT2D eigenvalue weighted by Gasteiger charge is 2.24. The molecule has 17 heavy (non-hydrogen) atoms. The maximum absolute atomic E-state index is 12.4. The van der Waals surface area contributed by atoms with Crippen LogP contribution in [0, 0.1) is 5.92 Å². The molecule has 102 valence electrons. The molecule has 0 fully saturated rings. The Bertz CT molecular complexity index is 263. The highest BCUT2D eigenvalue weighted by Crippen LogP contribution is 2.48. The quantitative estimate of drug-likeness (QED) is 0.473. The maximum Gasteiger partial charge on any atom is 0.306 e. The summed E-state index contributed by atoms with van der Waals surface area (Å²) in [5, 5.41) is 0. The van der Waals surface area contributed by atoms with E-state index in [1.807, 2.05) is 6.92 Å². The zero-order valence-electron chi connectivity index (χ0n) is 11.4. The van der Waals surface area contributed by atoms with Crippen LogP contribution >= 0.6 is 7.37 Å². The summed E-state index contributed by atoms with van der Waals surface area (Å²) in [4.78, 5) is 11.2. The molecule has 0 heterocycles. The van der Waals surface area contributed by atoms with Crippen molar-refractivity contribution in [3.05, 3.63) is 0 Å². The van der Waals surface area contributed by atoms with Crippen LogP contribution in [0.25, 0.3) is 0 Å². The van der Waals surface area contributed by atoms with Gasteiger partial charge in [-0.05, 0) is 26.2 Å². The zero-order valence-corrected chi connectivity index (χ0v) is 12.3. The minimum atomic E-state index is -2.65. The summed E-state index contributed by atoms with van der Waals surface area (Å²) in [6.07, 6.45) is 1.90. The number of ether oxygens (including phenoxy) is 1. The molecule has 0 aliphatic rings. The van der Waals surface area contributed by atoms with E-state index in [-0.39, 0.29) is 12.4 Å². The number of carbonyl (C=O) groups excluding carboxylic acids is 1. The largest absolute Gasteiger partial charge is 0.466 e. The van der Waals surface area contributed by atoms with Gasteiger partial charge in [0.1, 0.15) is 0 Å². The summed E-state index contributed by atoms with van der Waals surface area (Å²) in [7, 11) is -2.65. The predicted molar refractivity (Wildman–Crippen MR) is 69.7 cm³/mol. The number of hydrogen-bond donors (Lipinski definition) is 0. The topological polar surface area (TPSA) is 52.6 Å². The Labute approximate surface area is 105 Å². The van der Waals surface area contributed by atoms with Gasteiger partial charge in [0.2, 0.25) is 7.37 Å². The standard InChI is InChI=1S/C12H25O4P/c1-5-15-12(13)8-10-17(14,16-6-2)9-7-11(3)4/h11H,5-10H2,1-4H3. The van der Waals surface area contributed by atoms with Gasteiger partial charge in [0.25, 0.3) is 0 Å². The van der Waals surface area contributed by atoms with Crippen LogP contribution in [-0.4, -0.2) is 31.5 Å². The van der Waals surface area contributed by atoms with E-state index in [9.17, 15) is 9.36 Å². The smallest absolute Gasteiger partial charge is 0.306 e. The Morgan fingerprint density at radius 3 is 2.29 bits per heavy atom. The lowest BCUT2D eigenvalue weighted by atomic mass is 10.2. The second-order valence-corrected chi connectivity index (χ2v) is 7.20. The molecule has 1 atom stereocenters. The zero-order chi connectivity index (χ0) is 13.3. The van der Waals surface area contributed by atoms with Gasteiger partial charge >= 0.3 is 5.97 Å². The van der Waals surface area contributed by atoms with Crippen LogP contribution in [0.5, 0.6) is 0 Å². The summed E-state index contributed by atoms with van der Waals surface area (Å²) >= 11 is 0. The molecule has 1 unspecified atom stereocenters. The molecule has 0 amide bonds. The van der Waals surface area contributed by atoms with Crippen molar-refractivity contribution in [3.8, 4) is 0 Å². The molecule has 0 aromatic heterocycles. The third-order valence-corrected chi connectivity index (χ3v) is 4.95. The van der Waals surface area contributed by atoms with Gasteiger partial charge in [0, 0.05) is 12.3 Å². The number of rotatable bonds is 9. The van der Waals surface area contributed by atoms with Crippen LogP contribution in [-0.2, 0) is 18.6 Å². The van der Waals surface area contributed by atoms with Crippen molar-refractivity contribution in [2.24, 2.45) is 5.92 Å². The molecule has 5 heteroatoms. The molecule has 0 aliphatic heterocycles. The Kier molecular flexibility index (Phi) is 8.53. The summed E-state index contributed by atoms with van der Waals surface area (Å²) in [5.41, 5.74) is 0. The molecule has 4 nitrogen and oxygen atoms in total. The van der Waals surface area contributed by atoms with Crippen LogP contribution < -0.4 is 0 Å². The van der Waals surface area contributed by atoms with E-state index < -0.39 is 7.37 Å². The van der Waals surface area contributed by atoms with Gasteiger partial charge in [-0.2, -0.15) is 0 Å². The van der Waals surface area contributed by atoms with Crippen molar-refractivity contribution in [2.75, 3.05) is 25.5 Å². The van der Waals surface area contributed by atoms with Crippen LogP contribution in [0.1, 0.15) is 40.5 Å². The van der Waals surface area contributed by atoms with Crippen LogP contribution in [0.15, 0.2) is 0 Å². The van der Waals surface area contributed by atoms with Crippen molar-refractivity contribution in [2.45, 2.75) is 40.5 Å². The number of hydrogen-bond acceptors (Lipinski definition) is 4. The highest BCUT2D eigenvalue weighted by molar-refractivity contribution is 7.59. The lowest BCUT2D eigenvalue weighted by Crippen LogP contribution is -2.09. The first-order valence-electron chi connectivity index (χ1n) is 6.31. The first-order chi connectivity index (χ1) is 7.93. The molecule has 0 spiro atoms. The molecule has 0 aromatic rings. The van der Waals surface area contributed by atoms with Crippen molar-refractivity contribution in [1.82, 2.24) is 0 Å². The van der Waals surface area contributed by atoms with Crippen LogP contribution in [0.2, 0.25) is 0 Å². The molecule has 0 N–H and O–H groups in total. The summed E-state index contributed by atoms with van der Waals surface area (Å²) < 4.78 is 22.6. The van der Waals surface area contributed by atoms with Gasteiger partial charge in [0.15, 0.2) is 0 Å². The fourth-order valence-corrected chi connectivity index (χ4v) is 3.81. The molecule has 0 bridgehead atoms. The Balaban J connectivity index is 4.20. The van der Waals surface area contributed by atoms with Crippen LogP contribution in [0.4, 0.5) is 0 Å².